The average molecular weight is 343 g/mol. The van der Waals surface area contributed by atoms with Gasteiger partial charge in [-0.3, -0.25) is 14.4 Å². The van der Waals surface area contributed by atoms with Crippen molar-refractivity contribution >= 4 is 23.4 Å². The average Bonchev–Trinajstić information content (AvgIpc) is 3.06. The zero-order chi connectivity index (χ0) is 17.6. The number of nitrogens with zero attached hydrogens (tertiary/aromatic N) is 2. The maximum absolute atomic E-state index is 13.0. The molecular formula is C18H21N3O4. The van der Waals surface area contributed by atoms with Crippen LogP contribution in [0, 0.1) is 0 Å². The number of hydrogen-bond donors (Lipinski definition) is 1. The van der Waals surface area contributed by atoms with Crippen molar-refractivity contribution in [3.8, 4) is 0 Å². The van der Waals surface area contributed by atoms with Crippen LogP contribution in [-0.2, 0) is 14.3 Å². The lowest BCUT2D eigenvalue weighted by molar-refractivity contribution is -0.179. The van der Waals surface area contributed by atoms with Gasteiger partial charge in [-0.1, -0.05) is 6.07 Å². The maximum Gasteiger partial charge on any atom is 0.254 e. The fourth-order valence-corrected chi connectivity index (χ4v) is 4.29. The highest BCUT2D eigenvalue weighted by Crippen LogP contribution is 2.45. The summed E-state index contributed by atoms with van der Waals surface area (Å²) >= 11 is 0. The van der Waals surface area contributed by atoms with Gasteiger partial charge >= 0.3 is 0 Å². The summed E-state index contributed by atoms with van der Waals surface area (Å²) in [6.07, 6.45) is 1.81. The number of ether oxygens (including phenoxy) is 1. The van der Waals surface area contributed by atoms with Gasteiger partial charge in [-0.2, -0.15) is 0 Å². The lowest BCUT2D eigenvalue weighted by atomic mass is 10.0. The standard InChI is InChI=1S/C18H21N3O4/c1-12(22)19-14-5-2-4-13(10-14)17(24)20-8-6-18-15(20)11-16(23)21(18)7-3-9-25-18/h2,4-5,10,15H,3,6-9,11H2,1H3,(H,19,22)/t15-,18+/m1/s1. The number of anilines is 1. The van der Waals surface area contributed by atoms with Gasteiger partial charge < -0.3 is 19.9 Å². The first-order valence-corrected chi connectivity index (χ1v) is 8.64. The predicted molar refractivity (Wildman–Crippen MR) is 89.8 cm³/mol. The molecule has 3 amide bonds. The van der Waals surface area contributed by atoms with Gasteiger partial charge in [-0.05, 0) is 24.6 Å². The van der Waals surface area contributed by atoms with Crippen LogP contribution in [0.5, 0.6) is 0 Å². The molecule has 1 aromatic rings. The minimum Gasteiger partial charge on any atom is -0.353 e. The Hall–Kier alpha value is -2.41. The zero-order valence-electron chi connectivity index (χ0n) is 14.2. The number of carbonyl (C=O) groups is 3. The number of benzene rings is 1. The molecule has 0 radical (unpaired) electrons. The highest BCUT2D eigenvalue weighted by Gasteiger charge is 2.61. The molecular weight excluding hydrogens is 322 g/mol. The fourth-order valence-electron chi connectivity index (χ4n) is 4.29. The van der Waals surface area contributed by atoms with E-state index in [-0.39, 0.29) is 23.8 Å². The van der Waals surface area contributed by atoms with E-state index in [4.69, 9.17) is 4.74 Å². The molecule has 3 saturated heterocycles. The Morgan fingerprint density at radius 2 is 2.16 bits per heavy atom. The molecule has 132 valence electrons. The molecule has 3 aliphatic rings. The summed E-state index contributed by atoms with van der Waals surface area (Å²) in [5, 5.41) is 2.69. The van der Waals surface area contributed by atoms with Crippen LogP contribution in [0.3, 0.4) is 0 Å². The molecule has 3 aliphatic heterocycles. The van der Waals surface area contributed by atoms with Gasteiger partial charge in [0.2, 0.25) is 11.8 Å². The van der Waals surface area contributed by atoms with E-state index >= 15 is 0 Å². The highest BCUT2D eigenvalue weighted by molar-refractivity contribution is 5.98. The summed E-state index contributed by atoms with van der Waals surface area (Å²) in [6, 6.07) is 6.65. The quantitative estimate of drug-likeness (QED) is 0.875. The van der Waals surface area contributed by atoms with Gasteiger partial charge in [0.15, 0.2) is 5.72 Å². The lowest BCUT2D eigenvalue weighted by Gasteiger charge is -2.42. The third-order valence-corrected chi connectivity index (χ3v) is 5.30. The second-order valence-electron chi connectivity index (χ2n) is 6.82. The largest absolute Gasteiger partial charge is 0.353 e. The second-order valence-corrected chi connectivity index (χ2v) is 6.82. The minimum atomic E-state index is -0.639. The molecule has 1 spiro atoms. The van der Waals surface area contributed by atoms with Gasteiger partial charge in [-0.15, -0.1) is 0 Å². The molecule has 3 heterocycles. The van der Waals surface area contributed by atoms with Crippen LogP contribution in [0.4, 0.5) is 5.69 Å². The van der Waals surface area contributed by atoms with Crippen LogP contribution in [0.2, 0.25) is 0 Å². The van der Waals surface area contributed by atoms with Crippen molar-refractivity contribution in [2.75, 3.05) is 25.0 Å². The van der Waals surface area contributed by atoms with Crippen LogP contribution in [0.25, 0.3) is 0 Å². The van der Waals surface area contributed by atoms with E-state index in [1.807, 2.05) is 4.90 Å². The first-order valence-electron chi connectivity index (χ1n) is 8.64. The van der Waals surface area contributed by atoms with E-state index in [1.165, 1.54) is 6.92 Å². The van der Waals surface area contributed by atoms with Gasteiger partial charge in [0.1, 0.15) is 0 Å². The number of rotatable bonds is 2. The summed E-state index contributed by atoms with van der Waals surface area (Å²) in [6.45, 7) is 3.32. The number of amides is 3. The Balaban J connectivity index is 1.60. The summed E-state index contributed by atoms with van der Waals surface area (Å²) in [7, 11) is 0. The summed E-state index contributed by atoms with van der Waals surface area (Å²) in [4.78, 5) is 40.2. The van der Waals surface area contributed by atoms with Crippen molar-refractivity contribution in [2.24, 2.45) is 0 Å². The smallest absolute Gasteiger partial charge is 0.254 e. The zero-order valence-corrected chi connectivity index (χ0v) is 14.2. The van der Waals surface area contributed by atoms with Crippen LogP contribution in [0.15, 0.2) is 24.3 Å². The molecule has 7 nitrogen and oxygen atoms in total. The second kappa shape index (κ2) is 5.84. The van der Waals surface area contributed by atoms with Gasteiger partial charge in [0.05, 0.1) is 19.1 Å². The number of carbonyl (C=O) groups excluding carboxylic acids is 3. The highest BCUT2D eigenvalue weighted by atomic mass is 16.5. The molecule has 0 aliphatic carbocycles. The number of hydrogen-bond acceptors (Lipinski definition) is 4. The lowest BCUT2D eigenvalue weighted by Crippen LogP contribution is -2.56. The van der Waals surface area contributed by atoms with Crippen LogP contribution < -0.4 is 5.32 Å². The van der Waals surface area contributed by atoms with Crippen molar-refractivity contribution in [1.29, 1.82) is 0 Å². The first-order chi connectivity index (χ1) is 12.0. The molecule has 7 heteroatoms. The molecule has 1 aromatic carbocycles. The normalized spacial score (nSPS) is 27.9. The van der Waals surface area contributed by atoms with Gasteiger partial charge in [-0.25, -0.2) is 0 Å². The van der Waals surface area contributed by atoms with Crippen molar-refractivity contribution in [3.63, 3.8) is 0 Å². The third-order valence-electron chi connectivity index (χ3n) is 5.30. The Kier molecular flexibility index (Phi) is 3.76. The Bertz CT molecular complexity index is 750. The van der Waals surface area contributed by atoms with Crippen LogP contribution >= 0.6 is 0 Å². The van der Waals surface area contributed by atoms with Crippen molar-refractivity contribution in [3.05, 3.63) is 29.8 Å². The molecule has 25 heavy (non-hydrogen) atoms. The fraction of sp³-hybridized carbons (Fsp3) is 0.500. The molecule has 2 atom stereocenters. The van der Waals surface area contributed by atoms with E-state index in [1.54, 1.807) is 29.2 Å². The summed E-state index contributed by atoms with van der Waals surface area (Å²) < 4.78 is 6.03. The van der Waals surface area contributed by atoms with Gasteiger partial charge in [0, 0.05) is 37.7 Å². The van der Waals surface area contributed by atoms with E-state index in [0.717, 1.165) is 6.42 Å². The molecule has 4 rings (SSSR count). The molecule has 0 bridgehead atoms. The monoisotopic (exact) mass is 343 g/mol. The van der Waals surface area contributed by atoms with Crippen molar-refractivity contribution in [1.82, 2.24) is 9.80 Å². The number of nitrogens with one attached hydrogen (secondary N) is 1. The van der Waals surface area contributed by atoms with Crippen molar-refractivity contribution < 1.29 is 19.1 Å². The summed E-state index contributed by atoms with van der Waals surface area (Å²) in [5.74, 6) is -0.246. The molecule has 0 saturated carbocycles. The predicted octanol–water partition coefficient (Wildman–Crippen LogP) is 1.21. The van der Waals surface area contributed by atoms with E-state index in [0.29, 0.717) is 43.8 Å². The van der Waals surface area contributed by atoms with Crippen LogP contribution in [-0.4, -0.2) is 59.0 Å². The SMILES string of the molecule is CC(=O)Nc1cccc(C(=O)N2CC[C@@]34OCCCN3C(=O)C[C@@H]24)c1. The maximum atomic E-state index is 13.0. The summed E-state index contributed by atoms with van der Waals surface area (Å²) in [5.41, 5.74) is 0.454. The number of likely N-dealkylation sites (tertiary alicyclic amines) is 1. The first kappa shape index (κ1) is 16.1. The molecule has 3 fully saturated rings. The van der Waals surface area contributed by atoms with Crippen LogP contribution in [0.1, 0.15) is 36.5 Å². The molecule has 1 N–H and O–H groups in total. The molecule has 0 aromatic heterocycles. The van der Waals surface area contributed by atoms with E-state index < -0.39 is 5.72 Å². The third kappa shape index (κ3) is 2.50. The van der Waals surface area contributed by atoms with E-state index in [9.17, 15) is 14.4 Å². The Labute approximate surface area is 145 Å². The van der Waals surface area contributed by atoms with Crippen molar-refractivity contribution in [2.45, 2.75) is 38.0 Å². The Morgan fingerprint density at radius 3 is 2.96 bits per heavy atom. The van der Waals surface area contributed by atoms with Gasteiger partial charge in [0.25, 0.3) is 5.91 Å². The minimum absolute atomic E-state index is 0.0641. The van der Waals surface area contributed by atoms with E-state index in [2.05, 4.69) is 5.32 Å². The molecule has 0 unspecified atom stereocenters. The topological polar surface area (TPSA) is 79.0 Å². The Morgan fingerprint density at radius 1 is 1.32 bits per heavy atom.